The Morgan fingerprint density at radius 2 is 2.13 bits per heavy atom. The van der Waals surface area contributed by atoms with Crippen LogP contribution in [-0.4, -0.2) is 21.5 Å². The zero-order valence-corrected chi connectivity index (χ0v) is 9.19. The van der Waals surface area contributed by atoms with Gasteiger partial charge in [0, 0.05) is 12.8 Å². The standard InChI is InChI=1S/C11H19N3O/c1-8-11(12)6-14(13-8)10-4-2-9(7-15)3-5-10/h6,9-10,15H,2-5,7,12H2,1H3. The summed E-state index contributed by atoms with van der Waals surface area (Å²) in [5, 5.41) is 13.5. The lowest BCUT2D eigenvalue weighted by Crippen LogP contribution is -2.20. The predicted molar refractivity (Wildman–Crippen MR) is 59.5 cm³/mol. The van der Waals surface area contributed by atoms with E-state index in [1.807, 2.05) is 17.8 Å². The molecule has 0 amide bonds. The monoisotopic (exact) mass is 209 g/mol. The molecule has 0 aromatic carbocycles. The summed E-state index contributed by atoms with van der Waals surface area (Å²) in [4.78, 5) is 0. The summed E-state index contributed by atoms with van der Waals surface area (Å²) >= 11 is 0. The Labute approximate surface area is 90.1 Å². The number of aliphatic hydroxyl groups is 1. The summed E-state index contributed by atoms with van der Waals surface area (Å²) in [6.07, 6.45) is 6.33. The fourth-order valence-corrected chi connectivity index (χ4v) is 2.27. The second-order valence-electron chi connectivity index (χ2n) is 4.51. The van der Waals surface area contributed by atoms with E-state index in [4.69, 9.17) is 10.8 Å². The van der Waals surface area contributed by atoms with E-state index in [1.165, 1.54) is 0 Å². The summed E-state index contributed by atoms with van der Waals surface area (Å²) in [7, 11) is 0. The van der Waals surface area contributed by atoms with Gasteiger partial charge in [-0.25, -0.2) is 0 Å². The van der Waals surface area contributed by atoms with Gasteiger partial charge in [0.15, 0.2) is 0 Å². The summed E-state index contributed by atoms with van der Waals surface area (Å²) in [6, 6.07) is 0.476. The maximum absolute atomic E-state index is 9.05. The third-order valence-corrected chi connectivity index (χ3v) is 3.40. The van der Waals surface area contributed by atoms with E-state index >= 15 is 0 Å². The number of nitrogens with two attached hydrogens (primary N) is 1. The number of anilines is 1. The molecule has 4 nitrogen and oxygen atoms in total. The SMILES string of the molecule is Cc1nn(C2CCC(CO)CC2)cc1N. The van der Waals surface area contributed by atoms with Crippen LogP contribution in [0.15, 0.2) is 6.20 Å². The lowest BCUT2D eigenvalue weighted by atomic mass is 9.87. The van der Waals surface area contributed by atoms with Gasteiger partial charge in [0.25, 0.3) is 0 Å². The molecule has 0 aliphatic heterocycles. The molecular formula is C11H19N3O. The average Bonchev–Trinajstić information content (AvgIpc) is 2.59. The third-order valence-electron chi connectivity index (χ3n) is 3.40. The second-order valence-corrected chi connectivity index (χ2v) is 4.51. The largest absolute Gasteiger partial charge is 0.396 e. The van der Waals surface area contributed by atoms with Gasteiger partial charge in [0.2, 0.25) is 0 Å². The lowest BCUT2D eigenvalue weighted by molar-refractivity contribution is 0.165. The molecule has 0 atom stereocenters. The molecule has 1 heterocycles. The van der Waals surface area contributed by atoms with E-state index in [0.717, 1.165) is 37.1 Å². The topological polar surface area (TPSA) is 64.1 Å². The molecule has 1 saturated carbocycles. The van der Waals surface area contributed by atoms with Crippen molar-refractivity contribution in [2.75, 3.05) is 12.3 Å². The van der Waals surface area contributed by atoms with Crippen LogP contribution < -0.4 is 5.73 Å². The first-order valence-corrected chi connectivity index (χ1v) is 5.62. The molecule has 1 aliphatic rings. The number of hydrogen-bond acceptors (Lipinski definition) is 3. The molecule has 0 unspecified atom stereocenters. The van der Waals surface area contributed by atoms with Crippen LogP contribution in [0.4, 0.5) is 5.69 Å². The van der Waals surface area contributed by atoms with E-state index in [0.29, 0.717) is 18.6 Å². The van der Waals surface area contributed by atoms with Gasteiger partial charge in [-0.2, -0.15) is 5.10 Å². The van der Waals surface area contributed by atoms with Crippen LogP contribution in [0.5, 0.6) is 0 Å². The number of nitrogen functional groups attached to an aromatic ring is 1. The highest BCUT2D eigenvalue weighted by molar-refractivity contribution is 5.39. The smallest absolute Gasteiger partial charge is 0.0823 e. The number of aryl methyl sites for hydroxylation is 1. The van der Waals surface area contributed by atoms with Gasteiger partial charge in [-0.1, -0.05) is 0 Å². The zero-order valence-electron chi connectivity index (χ0n) is 9.19. The summed E-state index contributed by atoms with van der Waals surface area (Å²) < 4.78 is 2.00. The van der Waals surface area contributed by atoms with Crippen molar-refractivity contribution in [1.82, 2.24) is 9.78 Å². The van der Waals surface area contributed by atoms with Crippen molar-refractivity contribution >= 4 is 5.69 Å². The molecule has 0 saturated heterocycles. The van der Waals surface area contributed by atoms with Gasteiger partial charge >= 0.3 is 0 Å². The van der Waals surface area contributed by atoms with Crippen molar-refractivity contribution in [3.63, 3.8) is 0 Å². The number of rotatable bonds is 2. The molecule has 1 aliphatic carbocycles. The normalized spacial score (nSPS) is 26.8. The molecule has 0 radical (unpaired) electrons. The second kappa shape index (κ2) is 4.23. The molecule has 0 spiro atoms. The molecule has 0 bridgehead atoms. The highest BCUT2D eigenvalue weighted by Crippen LogP contribution is 2.32. The molecule has 3 N–H and O–H groups in total. The van der Waals surface area contributed by atoms with Gasteiger partial charge < -0.3 is 10.8 Å². The van der Waals surface area contributed by atoms with Crippen LogP contribution in [0.3, 0.4) is 0 Å². The van der Waals surface area contributed by atoms with Crippen LogP contribution in [-0.2, 0) is 0 Å². The number of hydrogen-bond donors (Lipinski definition) is 2. The molecule has 1 aromatic rings. The third kappa shape index (κ3) is 2.15. The van der Waals surface area contributed by atoms with Crippen molar-refractivity contribution in [1.29, 1.82) is 0 Å². The minimum Gasteiger partial charge on any atom is -0.396 e. The number of nitrogens with zero attached hydrogens (tertiary/aromatic N) is 2. The molecule has 4 heteroatoms. The quantitative estimate of drug-likeness (QED) is 0.775. The highest BCUT2D eigenvalue weighted by Gasteiger charge is 2.22. The average molecular weight is 209 g/mol. The maximum atomic E-state index is 9.05. The summed E-state index contributed by atoms with van der Waals surface area (Å²) in [5.41, 5.74) is 7.47. The number of aromatic nitrogens is 2. The molecule has 15 heavy (non-hydrogen) atoms. The maximum Gasteiger partial charge on any atom is 0.0823 e. The molecular weight excluding hydrogens is 190 g/mol. The molecule has 2 rings (SSSR count). The fourth-order valence-electron chi connectivity index (χ4n) is 2.27. The zero-order chi connectivity index (χ0) is 10.8. The van der Waals surface area contributed by atoms with Crippen molar-refractivity contribution < 1.29 is 5.11 Å². The first-order chi connectivity index (χ1) is 7.20. The lowest BCUT2D eigenvalue weighted by Gasteiger charge is -2.27. The van der Waals surface area contributed by atoms with Crippen molar-refractivity contribution in [2.45, 2.75) is 38.6 Å². The first-order valence-electron chi connectivity index (χ1n) is 5.62. The van der Waals surface area contributed by atoms with Gasteiger partial charge in [-0.15, -0.1) is 0 Å². The Kier molecular flexibility index (Phi) is 2.95. The molecule has 1 fully saturated rings. The van der Waals surface area contributed by atoms with Crippen molar-refractivity contribution in [3.05, 3.63) is 11.9 Å². The first kappa shape index (κ1) is 10.5. The minimum atomic E-state index is 0.326. The molecule has 1 aromatic heterocycles. The molecule has 84 valence electrons. The Hall–Kier alpha value is -1.03. The van der Waals surface area contributed by atoms with Gasteiger partial charge in [-0.05, 0) is 38.5 Å². The number of aliphatic hydroxyl groups excluding tert-OH is 1. The van der Waals surface area contributed by atoms with Crippen molar-refractivity contribution in [2.24, 2.45) is 5.92 Å². The van der Waals surface area contributed by atoms with Crippen LogP contribution in [0.25, 0.3) is 0 Å². The predicted octanol–water partition coefficient (Wildman–Crippen LogP) is 1.50. The van der Waals surface area contributed by atoms with E-state index < -0.39 is 0 Å². The summed E-state index contributed by atoms with van der Waals surface area (Å²) in [5.74, 6) is 0.496. The van der Waals surface area contributed by atoms with Gasteiger partial charge in [0.05, 0.1) is 17.4 Å². The van der Waals surface area contributed by atoms with E-state index in [1.54, 1.807) is 0 Å². The summed E-state index contributed by atoms with van der Waals surface area (Å²) in [6.45, 7) is 2.26. The van der Waals surface area contributed by atoms with Crippen LogP contribution in [0.2, 0.25) is 0 Å². The van der Waals surface area contributed by atoms with E-state index in [-0.39, 0.29) is 0 Å². The van der Waals surface area contributed by atoms with Crippen LogP contribution in [0, 0.1) is 12.8 Å². The Bertz CT molecular complexity index is 307. The van der Waals surface area contributed by atoms with Crippen LogP contribution in [0.1, 0.15) is 37.4 Å². The fraction of sp³-hybridized carbons (Fsp3) is 0.727. The van der Waals surface area contributed by atoms with Gasteiger partial charge in [-0.3, -0.25) is 4.68 Å². The van der Waals surface area contributed by atoms with E-state index in [2.05, 4.69) is 5.10 Å². The minimum absolute atomic E-state index is 0.326. The Balaban J connectivity index is 2.01. The highest BCUT2D eigenvalue weighted by atomic mass is 16.3. The van der Waals surface area contributed by atoms with Crippen molar-refractivity contribution in [3.8, 4) is 0 Å². The Morgan fingerprint density at radius 3 is 2.60 bits per heavy atom. The van der Waals surface area contributed by atoms with Crippen LogP contribution >= 0.6 is 0 Å². The Morgan fingerprint density at radius 1 is 1.47 bits per heavy atom. The van der Waals surface area contributed by atoms with Gasteiger partial charge in [0.1, 0.15) is 0 Å². The van der Waals surface area contributed by atoms with E-state index in [9.17, 15) is 0 Å².